The van der Waals surface area contributed by atoms with Gasteiger partial charge in [0.1, 0.15) is 0 Å². The van der Waals surface area contributed by atoms with Crippen molar-refractivity contribution >= 4 is 11.6 Å². The van der Waals surface area contributed by atoms with Gasteiger partial charge in [-0.1, -0.05) is 29.8 Å². The Balaban J connectivity index is 2.64. The average Bonchev–Trinajstić information content (AvgIpc) is 2.26. The first kappa shape index (κ1) is 13.5. The Labute approximate surface area is 103 Å². The van der Waals surface area contributed by atoms with E-state index >= 15 is 0 Å². The normalized spacial score (nSPS) is 11.4. The number of aliphatic hydroxyl groups excluding tert-OH is 1. The zero-order valence-corrected chi connectivity index (χ0v) is 10.7. The zero-order chi connectivity index (χ0) is 12.0. The highest BCUT2D eigenvalue weighted by molar-refractivity contribution is 6.31. The van der Waals surface area contributed by atoms with E-state index in [1.165, 1.54) is 0 Å². The minimum absolute atomic E-state index is 0.242. The summed E-state index contributed by atoms with van der Waals surface area (Å²) in [5.74, 6) is 0. The van der Waals surface area contributed by atoms with Crippen LogP contribution < -0.4 is 0 Å². The van der Waals surface area contributed by atoms with Crippen LogP contribution in [0.5, 0.6) is 0 Å². The molecule has 90 valence electrons. The van der Waals surface area contributed by atoms with E-state index in [-0.39, 0.29) is 6.61 Å². The van der Waals surface area contributed by atoms with Crippen LogP contribution in [0.15, 0.2) is 24.3 Å². The first-order valence-electron chi connectivity index (χ1n) is 5.73. The average molecular weight is 242 g/mol. The highest BCUT2D eigenvalue weighted by Crippen LogP contribution is 2.18. The summed E-state index contributed by atoms with van der Waals surface area (Å²) >= 11 is 6.13. The van der Waals surface area contributed by atoms with Gasteiger partial charge >= 0.3 is 0 Å². The van der Waals surface area contributed by atoms with Crippen LogP contribution in [0.1, 0.15) is 25.8 Å². The van der Waals surface area contributed by atoms with Crippen molar-refractivity contribution in [2.45, 2.75) is 32.9 Å². The molecule has 0 amide bonds. The van der Waals surface area contributed by atoms with Gasteiger partial charge in [0.2, 0.25) is 0 Å². The molecule has 1 aromatic rings. The summed E-state index contributed by atoms with van der Waals surface area (Å²) in [6.45, 7) is 6.31. The number of hydrogen-bond acceptors (Lipinski definition) is 2. The fraction of sp³-hybridized carbons (Fsp3) is 0.538. The Hall–Kier alpha value is -0.570. The van der Waals surface area contributed by atoms with E-state index < -0.39 is 0 Å². The summed E-state index contributed by atoms with van der Waals surface area (Å²) in [5.41, 5.74) is 1.15. The first-order valence-corrected chi connectivity index (χ1v) is 6.11. The number of rotatable bonds is 6. The Morgan fingerprint density at radius 2 is 2.00 bits per heavy atom. The molecule has 3 heteroatoms. The zero-order valence-electron chi connectivity index (χ0n) is 9.99. The fourth-order valence-corrected chi connectivity index (χ4v) is 1.83. The first-order chi connectivity index (χ1) is 7.65. The van der Waals surface area contributed by atoms with Gasteiger partial charge in [0.05, 0.1) is 0 Å². The lowest BCUT2D eigenvalue weighted by Crippen LogP contribution is -2.31. The summed E-state index contributed by atoms with van der Waals surface area (Å²) in [6, 6.07) is 8.38. The Kier molecular flexibility index (Phi) is 5.81. The third-order valence-electron chi connectivity index (χ3n) is 2.67. The largest absolute Gasteiger partial charge is 0.396 e. The number of benzene rings is 1. The molecule has 16 heavy (non-hydrogen) atoms. The van der Waals surface area contributed by atoms with Gasteiger partial charge in [0, 0.05) is 30.8 Å². The van der Waals surface area contributed by atoms with Gasteiger partial charge in [-0.05, 0) is 31.9 Å². The molecule has 0 aliphatic heterocycles. The molecule has 0 fully saturated rings. The molecule has 0 atom stereocenters. The molecule has 0 bridgehead atoms. The molecule has 1 rings (SSSR count). The van der Waals surface area contributed by atoms with Crippen LogP contribution in [0, 0.1) is 0 Å². The molecule has 2 nitrogen and oxygen atoms in total. The van der Waals surface area contributed by atoms with Gasteiger partial charge in [0.15, 0.2) is 0 Å². The summed E-state index contributed by atoms with van der Waals surface area (Å²) in [5, 5.41) is 9.68. The maximum Gasteiger partial charge on any atom is 0.0451 e. The maximum atomic E-state index is 8.86. The minimum Gasteiger partial charge on any atom is -0.396 e. The van der Waals surface area contributed by atoms with Crippen molar-refractivity contribution in [1.82, 2.24) is 4.90 Å². The molecule has 0 aliphatic carbocycles. The Morgan fingerprint density at radius 3 is 2.56 bits per heavy atom. The van der Waals surface area contributed by atoms with Gasteiger partial charge in [-0.25, -0.2) is 0 Å². The van der Waals surface area contributed by atoms with E-state index in [0.29, 0.717) is 6.04 Å². The lowest BCUT2D eigenvalue weighted by Gasteiger charge is -2.26. The predicted octanol–water partition coefficient (Wildman–Crippen LogP) is 2.93. The molecule has 0 heterocycles. The van der Waals surface area contributed by atoms with Crippen LogP contribution in [0.4, 0.5) is 0 Å². The highest BCUT2D eigenvalue weighted by atomic mass is 35.5. The van der Waals surface area contributed by atoms with Crippen LogP contribution >= 0.6 is 11.6 Å². The molecule has 0 saturated heterocycles. The van der Waals surface area contributed by atoms with Crippen molar-refractivity contribution in [1.29, 1.82) is 0 Å². The monoisotopic (exact) mass is 241 g/mol. The van der Waals surface area contributed by atoms with Gasteiger partial charge < -0.3 is 5.11 Å². The minimum atomic E-state index is 0.242. The topological polar surface area (TPSA) is 23.5 Å². The molecule has 0 aliphatic rings. The smallest absolute Gasteiger partial charge is 0.0451 e. The molecule has 1 aromatic carbocycles. The molecule has 0 spiro atoms. The molecular formula is C13H20ClNO. The second-order valence-electron chi connectivity index (χ2n) is 4.23. The molecule has 0 unspecified atom stereocenters. The van der Waals surface area contributed by atoms with Crippen LogP contribution in [0.25, 0.3) is 0 Å². The number of aliphatic hydroxyl groups is 1. The highest BCUT2D eigenvalue weighted by Gasteiger charge is 2.11. The van der Waals surface area contributed by atoms with Crippen LogP contribution in [-0.4, -0.2) is 29.2 Å². The summed E-state index contributed by atoms with van der Waals surface area (Å²) < 4.78 is 0. The quantitative estimate of drug-likeness (QED) is 0.828. The second kappa shape index (κ2) is 6.89. The maximum absolute atomic E-state index is 8.86. The van der Waals surface area contributed by atoms with E-state index in [2.05, 4.69) is 24.8 Å². The summed E-state index contributed by atoms with van der Waals surface area (Å²) in [7, 11) is 0. The Bertz CT molecular complexity index is 315. The molecular weight excluding hydrogens is 222 g/mol. The van der Waals surface area contributed by atoms with E-state index in [1.54, 1.807) is 0 Å². The summed E-state index contributed by atoms with van der Waals surface area (Å²) in [6.07, 6.45) is 0.808. The summed E-state index contributed by atoms with van der Waals surface area (Å²) in [4.78, 5) is 2.32. The van der Waals surface area contributed by atoms with E-state index in [1.807, 2.05) is 18.2 Å². The molecule has 0 saturated carbocycles. The fourth-order valence-electron chi connectivity index (χ4n) is 1.64. The molecule has 0 aromatic heterocycles. The van der Waals surface area contributed by atoms with E-state index in [0.717, 1.165) is 30.1 Å². The third-order valence-corrected chi connectivity index (χ3v) is 3.03. The van der Waals surface area contributed by atoms with Crippen LogP contribution in [0.2, 0.25) is 5.02 Å². The standard InChI is InChI=1S/C13H20ClNO/c1-11(2)15(8-5-9-16)10-12-6-3-4-7-13(12)14/h3-4,6-7,11,16H,5,8-10H2,1-2H3. The number of hydrogen-bond donors (Lipinski definition) is 1. The van der Waals surface area contributed by atoms with E-state index in [4.69, 9.17) is 16.7 Å². The van der Waals surface area contributed by atoms with Crippen molar-refractivity contribution in [3.05, 3.63) is 34.9 Å². The van der Waals surface area contributed by atoms with E-state index in [9.17, 15) is 0 Å². The lowest BCUT2D eigenvalue weighted by molar-refractivity contribution is 0.185. The van der Waals surface area contributed by atoms with Gasteiger partial charge in [-0.15, -0.1) is 0 Å². The van der Waals surface area contributed by atoms with Crippen molar-refractivity contribution in [3.63, 3.8) is 0 Å². The van der Waals surface area contributed by atoms with Crippen LogP contribution in [0.3, 0.4) is 0 Å². The van der Waals surface area contributed by atoms with Gasteiger partial charge in [-0.2, -0.15) is 0 Å². The third kappa shape index (κ3) is 4.12. The lowest BCUT2D eigenvalue weighted by atomic mass is 10.2. The second-order valence-corrected chi connectivity index (χ2v) is 4.64. The van der Waals surface area contributed by atoms with Crippen molar-refractivity contribution in [3.8, 4) is 0 Å². The molecule has 1 N–H and O–H groups in total. The number of nitrogens with zero attached hydrogens (tertiary/aromatic N) is 1. The predicted molar refractivity (Wildman–Crippen MR) is 68.7 cm³/mol. The van der Waals surface area contributed by atoms with Crippen LogP contribution in [-0.2, 0) is 6.54 Å². The van der Waals surface area contributed by atoms with Crippen molar-refractivity contribution < 1.29 is 5.11 Å². The Morgan fingerprint density at radius 1 is 1.31 bits per heavy atom. The van der Waals surface area contributed by atoms with Crippen molar-refractivity contribution in [2.24, 2.45) is 0 Å². The SMILES string of the molecule is CC(C)N(CCCO)Cc1ccccc1Cl. The van der Waals surface area contributed by atoms with Gasteiger partial charge in [-0.3, -0.25) is 4.90 Å². The van der Waals surface area contributed by atoms with Crippen molar-refractivity contribution in [2.75, 3.05) is 13.2 Å². The van der Waals surface area contributed by atoms with Gasteiger partial charge in [0.25, 0.3) is 0 Å². The molecule has 0 radical (unpaired) electrons. The number of halogens is 1.